The van der Waals surface area contributed by atoms with Crippen LogP contribution in [0.4, 0.5) is 0 Å². The zero-order valence-electron chi connectivity index (χ0n) is 13.2. The molecule has 1 aromatic heterocycles. The van der Waals surface area contributed by atoms with E-state index in [1.54, 1.807) is 0 Å². The number of esters is 1. The van der Waals surface area contributed by atoms with Gasteiger partial charge in [-0.1, -0.05) is 34.1 Å². The zero-order valence-corrected chi connectivity index (χ0v) is 13.2. The fourth-order valence-electron chi connectivity index (χ4n) is 2.23. The Hall–Kier alpha value is -1.29. The van der Waals surface area contributed by atoms with Gasteiger partial charge in [-0.05, 0) is 30.5 Å². The molecule has 0 fully saturated rings. The molecule has 0 saturated heterocycles. The number of nitrogens with one attached hydrogen (secondary N) is 1. The van der Waals surface area contributed by atoms with E-state index in [1.165, 1.54) is 5.56 Å². The van der Waals surface area contributed by atoms with Crippen molar-refractivity contribution in [3.8, 4) is 0 Å². The normalized spacial score (nSPS) is 12.7. The molecule has 0 radical (unpaired) electrons. The van der Waals surface area contributed by atoms with Crippen LogP contribution in [0.3, 0.4) is 0 Å². The van der Waals surface area contributed by atoms with Gasteiger partial charge >= 0.3 is 5.97 Å². The number of ether oxygens (including phenoxy) is 1. The van der Waals surface area contributed by atoms with Crippen molar-refractivity contribution in [1.29, 1.82) is 0 Å². The minimum atomic E-state index is -0.162. The van der Waals surface area contributed by atoms with Crippen LogP contribution < -0.4 is 5.32 Å². The van der Waals surface area contributed by atoms with E-state index in [0.29, 0.717) is 25.1 Å². The SMILES string of the molecule is CCCCOC(=O)Cn1ccc(C(NCC)C(C)C)c1. The van der Waals surface area contributed by atoms with Crippen molar-refractivity contribution >= 4 is 5.97 Å². The van der Waals surface area contributed by atoms with Crippen molar-refractivity contribution < 1.29 is 9.53 Å². The van der Waals surface area contributed by atoms with Crippen molar-refractivity contribution in [2.45, 2.75) is 53.1 Å². The fraction of sp³-hybridized carbons (Fsp3) is 0.688. The van der Waals surface area contributed by atoms with Gasteiger partial charge in [-0.2, -0.15) is 0 Å². The first-order chi connectivity index (χ1) is 9.58. The number of nitrogens with zero attached hydrogens (tertiary/aromatic N) is 1. The maximum Gasteiger partial charge on any atom is 0.325 e. The van der Waals surface area contributed by atoms with Gasteiger partial charge in [0.05, 0.1) is 6.61 Å². The minimum absolute atomic E-state index is 0.162. The highest BCUT2D eigenvalue weighted by Crippen LogP contribution is 2.21. The number of hydrogen-bond donors (Lipinski definition) is 1. The molecule has 20 heavy (non-hydrogen) atoms. The second-order valence-electron chi connectivity index (χ2n) is 5.47. The predicted octanol–water partition coefficient (Wildman–Crippen LogP) is 3.14. The number of rotatable bonds is 9. The van der Waals surface area contributed by atoms with Gasteiger partial charge in [-0.3, -0.25) is 4.79 Å². The molecule has 0 aliphatic heterocycles. The molecule has 1 unspecified atom stereocenters. The highest BCUT2D eigenvalue weighted by molar-refractivity contribution is 5.69. The van der Waals surface area contributed by atoms with Gasteiger partial charge in [0.2, 0.25) is 0 Å². The summed E-state index contributed by atoms with van der Waals surface area (Å²) in [5.41, 5.74) is 1.23. The van der Waals surface area contributed by atoms with Crippen molar-refractivity contribution in [2.75, 3.05) is 13.2 Å². The largest absolute Gasteiger partial charge is 0.464 e. The first kappa shape index (κ1) is 16.8. The van der Waals surface area contributed by atoms with Crippen LogP contribution in [-0.4, -0.2) is 23.7 Å². The van der Waals surface area contributed by atoms with Crippen LogP contribution >= 0.6 is 0 Å². The van der Waals surface area contributed by atoms with Crippen molar-refractivity contribution in [1.82, 2.24) is 9.88 Å². The molecule has 0 saturated carbocycles. The van der Waals surface area contributed by atoms with E-state index < -0.39 is 0 Å². The van der Waals surface area contributed by atoms with Crippen molar-refractivity contribution in [2.24, 2.45) is 5.92 Å². The van der Waals surface area contributed by atoms with Crippen LogP contribution in [0.25, 0.3) is 0 Å². The monoisotopic (exact) mass is 280 g/mol. The van der Waals surface area contributed by atoms with Gasteiger partial charge in [0.1, 0.15) is 6.54 Å². The van der Waals surface area contributed by atoms with Crippen LogP contribution in [0.5, 0.6) is 0 Å². The fourth-order valence-corrected chi connectivity index (χ4v) is 2.23. The molecule has 1 atom stereocenters. The Labute approximate surface area is 122 Å². The van der Waals surface area contributed by atoms with E-state index in [1.807, 2.05) is 17.0 Å². The predicted molar refractivity (Wildman–Crippen MR) is 81.6 cm³/mol. The summed E-state index contributed by atoms with van der Waals surface area (Å²) in [7, 11) is 0. The van der Waals surface area contributed by atoms with Crippen LogP contribution in [0.2, 0.25) is 0 Å². The molecule has 0 bridgehead atoms. The third-order valence-electron chi connectivity index (χ3n) is 3.30. The Kier molecular flexibility index (Phi) is 7.37. The van der Waals surface area contributed by atoms with Crippen LogP contribution in [0.15, 0.2) is 18.5 Å². The summed E-state index contributed by atoms with van der Waals surface area (Å²) >= 11 is 0. The van der Waals surface area contributed by atoms with E-state index in [2.05, 4.69) is 39.1 Å². The topological polar surface area (TPSA) is 43.3 Å². The van der Waals surface area contributed by atoms with Gasteiger partial charge in [-0.15, -0.1) is 0 Å². The average molecular weight is 280 g/mol. The lowest BCUT2D eigenvalue weighted by Crippen LogP contribution is -2.25. The molecular weight excluding hydrogens is 252 g/mol. The zero-order chi connectivity index (χ0) is 15.0. The lowest BCUT2D eigenvalue weighted by Gasteiger charge is -2.20. The summed E-state index contributed by atoms with van der Waals surface area (Å²) in [6.07, 6.45) is 5.95. The molecular formula is C16H28N2O2. The Morgan fingerprint density at radius 1 is 1.40 bits per heavy atom. The number of carbonyl (C=O) groups excluding carboxylic acids is 1. The Bertz CT molecular complexity index is 399. The van der Waals surface area contributed by atoms with E-state index in [4.69, 9.17) is 4.74 Å². The lowest BCUT2D eigenvalue weighted by atomic mass is 9.98. The number of hydrogen-bond acceptors (Lipinski definition) is 3. The molecule has 114 valence electrons. The quantitative estimate of drug-likeness (QED) is 0.558. The molecule has 0 amide bonds. The molecule has 0 aliphatic carbocycles. The van der Waals surface area contributed by atoms with Crippen molar-refractivity contribution in [3.05, 3.63) is 24.0 Å². The standard InChI is InChI=1S/C16H28N2O2/c1-5-7-10-20-15(19)12-18-9-8-14(11-18)16(13(3)4)17-6-2/h8-9,11,13,16-17H,5-7,10,12H2,1-4H3. The summed E-state index contributed by atoms with van der Waals surface area (Å²) in [4.78, 5) is 11.7. The van der Waals surface area contributed by atoms with E-state index in [0.717, 1.165) is 19.4 Å². The summed E-state index contributed by atoms with van der Waals surface area (Å²) in [5.74, 6) is 0.354. The lowest BCUT2D eigenvalue weighted by molar-refractivity contribution is -0.144. The maximum atomic E-state index is 11.7. The maximum absolute atomic E-state index is 11.7. The first-order valence-corrected chi connectivity index (χ1v) is 7.63. The molecule has 0 aromatic carbocycles. The minimum Gasteiger partial charge on any atom is -0.464 e. The molecule has 0 spiro atoms. The van der Waals surface area contributed by atoms with Crippen molar-refractivity contribution in [3.63, 3.8) is 0 Å². The van der Waals surface area contributed by atoms with Crippen LogP contribution in [0.1, 0.15) is 52.1 Å². The summed E-state index contributed by atoms with van der Waals surface area (Å²) in [5, 5.41) is 3.48. The van der Waals surface area contributed by atoms with Gasteiger partial charge in [0.15, 0.2) is 0 Å². The molecule has 1 rings (SSSR count). The Morgan fingerprint density at radius 2 is 2.15 bits per heavy atom. The smallest absolute Gasteiger partial charge is 0.325 e. The number of unbranched alkanes of at least 4 members (excludes halogenated alkanes) is 1. The summed E-state index contributed by atoms with van der Waals surface area (Å²) < 4.78 is 7.07. The molecule has 4 nitrogen and oxygen atoms in total. The summed E-state index contributed by atoms with van der Waals surface area (Å²) in [6, 6.07) is 2.41. The van der Waals surface area contributed by atoms with E-state index >= 15 is 0 Å². The summed E-state index contributed by atoms with van der Waals surface area (Å²) in [6.45, 7) is 10.3. The highest BCUT2D eigenvalue weighted by Gasteiger charge is 2.16. The second-order valence-corrected chi connectivity index (χ2v) is 5.47. The second kappa shape index (κ2) is 8.80. The van der Waals surface area contributed by atoms with Crippen LogP contribution in [0, 0.1) is 5.92 Å². The Balaban J connectivity index is 2.55. The van der Waals surface area contributed by atoms with Gasteiger partial charge in [-0.25, -0.2) is 0 Å². The van der Waals surface area contributed by atoms with Gasteiger partial charge < -0.3 is 14.6 Å². The first-order valence-electron chi connectivity index (χ1n) is 7.63. The molecule has 1 aromatic rings. The molecule has 1 N–H and O–H groups in total. The van der Waals surface area contributed by atoms with Gasteiger partial charge in [0, 0.05) is 18.4 Å². The molecule has 4 heteroatoms. The third kappa shape index (κ3) is 5.37. The molecule has 1 heterocycles. The van der Waals surface area contributed by atoms with Gasteiger partial charge in [0.25, 0.3) is 0 Å². The van der Waals surface area contributed by atoms with E-state index in [-0.39, 0.29) is 5.97 Å². The third-order valence-corrected chi connectivity index (χ3v) is 3.30. The van der Waals surface area contributed by atoms with E-state index in [9.17, 15) is 4.79 Å². The van der Waals surface area contributed by atoms with Crippen LogP contribution in [-0.2, 0) is 16.1 Å². The average Bonchev–Trinajstić information content (AvgIpc) is 2.84. The number of carbonyl (C=O) groups is 1. The highest BCUT2D eigenvalue weighted by atomic mass is 16.5. The Morgan fingerprint density at radius 3 is 2.75 bits per heavy atom. The molecule has 0 aliphatic rings. The number of aromatic nitrogens is 1.